The zero-order chi connectivity index (χ0) is 8.81. The fraction of sp³-hybridized carbons (Fsp3) is 0.429. The number of ether oxygens (including phenoxy) is 1. The number of carbonyl (C=O) groups is 1. The lowest BCUT2D eigenvalue weighted by atomic mass is 10.6. The first-order valence-electron chi connectivity index (χ1n) is 3.71. The second kappa shape index (κ2) is 4.38. The number of aromatic nitrogens is 2. The quantitative estimate of drug-likeness (QED) is 0.698. The van der Waals surface area contributed by atoms with Gasteiger partial charge in [-0.25, -0.2) is 9.78 Å². The highest BCUT2D eigenvalue weighted by atomic mass is 16.5. The summed E-state index contributed by atoms with van der Waals surface area (Å²) in [7, 11) is 0. The fourth-order valence-corrected chi connectivity index (χ4v) is 0.733. The molecule has 1 rings (SSSR count). The standard InChI is InChI=1S/C7H11N3O2/c1-2-12-7(11)10-5-6-8-3-4-9-6/h3-4H,2,5H2,1H3,(H,8,9)(H,10,11). The van der Waals surface area contributed by atoms with Gasteiger partial charge in [0, 0.05) is 12.4 Å². The van der Waals surface area contributed by atoms with Gasteiger partial charge in [-0.2, -0.15) is 0 Å². The topological polar surface area (TPSA) is 67.0 Å². The van der Waals surface area contributed by atoms with E-state index in [-0.39, 0.29) is 0 Å². The van der Waals surface area contributed by atoms with E-state index in [0.717, 1.165) is 0 Å². The second-order valence-corrected chi connectivity index (χ2v) is 2.11. The minimum Gasteiger partial charge on any atom is -0.450 e. The van der Waals surface area contributed by atoms with Gasteiger partial charge in [0.2, 0.25) is 0 Å². The third-order valence-corrected chi connectivity index (χ3v) is 1.23. The van der Waals surface area contributed by atoms with Gasteiger partial charge in [0.05, 0.1) is 13.2 Å². The van der Waals surface area contributed by atoms with Crippen LogP contribution in [0.2, 0.25) is 0 Å². The summed E-state index contributed by atoms with van der Waals surface area (Å²) in [6.45, 7) is 2.50. The van der Waals surface area contributed by atoms with Gasteiger partial charge in [0.15, 0.2) is 0 Å². The molecule has 0 atom stereocenters. The molecule has 12 heavy (non-hydrogen) atoms. The van der Waals surface area contributed by atoms with Crippen LogP contribution in [0.5, 0.6) is 0 Å². The molecule has 1 aromatic rings. The summed E-state index contributed by atoms with van der Waals surface area (Å²) in [6.07, 6.45) is 2.90. The van der Waals surface area contributed by atoms with Crippen LogP contribution >= 0.6 is 0 Å². The SMILES string of the molecule is CCOC(=O)NCc1ncc[nH]1. The van der Waals surface area contributed by atoms with Crippen molar-refractivity contribution in [2.24, 2.45) is 0 Å². The molecule has 0 bridgehead atoms. The van der Waals surface area contributed by atoms with E-state index in [4.69, 9.17) is 0 Å². The van der Waals surface area contributed by atoms with Gasteiger partial charge in [-0.3, -0.25) is 0 Å². The Morgan fingerprint density at radius 3 is 3.25 bits per heavy atom. The Kier molecular flexibility index (Phi) is 3.13. The molecule has 0 saturated heterocycles. The maximum absolute atomic E-state index is 10.8. The molecule has 0 aromatic carbocycles. The van der Waals surface area contributed by atoms with Gasteiger partial charge in [-0.1, -0.05) is 0 Å². The van der Waals surface area contributed by atoms with Crippen molar-refractivity contribution in [1.82, 2.24) is 15.3 Å². The average molecular weight is 169 g/mol. The molecule has 2 N–H and O–H groups in total. The van der Waals surface area contributed by atoms with Gasteiger partial charge < -0.3 is 15.0 Å². The van der Waals surface area contributed by atoms with Gasteiger partial charge >= 0.3 is 6.09 Å². The largest absolute Gasteiger partial charge is 0.450 e. The van der Waals surface area contributed by atoms with E-state index in [1.165, 1.54) is 0 Å². The normalized spacial score (nSPS) is 9.42. The second-order valence-electron chi connectivity index (χ2n) is 2.11. The molecule has 66 valence electrons. The number of carbonyl (C=O) groups excluding carboxylic acids is 1. The lowest BCUT2D eigenvalue weighted by Crippen LogP contribution is -2.24. The van der Waals surface area contributed by atoms with E-state index in [2.05, 4.69) is 20.0 Å². The number of nitrogens with one attached hydrogen (secondary N) is 2. The van der Waals surface area contributed by atoms with Crippen molar-refractivity contribution >= 4 is 6.09 Å². The molecule has 5 heteroatoms. The number of nitrogens with zero attached hydrogens (tertiary/aromatic N) is 1. The molecule has 0 saturated carbocycles. The highest BCUT2D eigenvalue weighted by Gasteiger charge is 2.00. The molecule has 1 amide bonds. The van der Waals surface area contributed by atoms with Crippen molar-refractivity contribution in [1.29, 1.82) is 0 Å². The molecule has 1 heterocycles. The molecule has 0 radical (unpaired) electrons. The van der Waals surface area contributed by atoms with Crippen LogP contribution < -0.4 is 5.32 Å². The van der Waals surface area contributed by atoms with E-state index in [1.54, 1.807) is 19.3 Å². The van der Waals surface area contributed by atoms with Crippen molar-refractivity contribution in [3.8, 4) is 0 Å². The number of rotatable bonds is 3. The van der Waals surface area contributed by atoms with Gasteiger partial charge in [0.25, 0.3) is 0 Å². The van der Waals surface area contributed by atoms with E-state index in [9.17, 15) is 4.79 Å². The Balaban J connectivity index is 2.22. The summed E-state index contributed by atoms with van der Waals surface area (Å²) in [6, 6.07) is 0. The van der Waals surface area contributed by atoms with Crippen molar-refractivity contribution < 1.29 is 9.53 Å². The van der Waals surface area contributed by atoms with Gasteiger partial charge in [0.1, 0.15) is 5.82 Å². The summed E-state index contributed by atoms with van der Waals surface area (Å²) in [5.74, 6) is 0.711. The van der Waals surface area contributed by atoms with Crippen LogP contribution in [0.25, 0.3) is 0 Å². The van der Waals surface area contributed by atoms with E-state index >= 15 is 0 Å². The van der Waals surface area contributed by atoms with Crippen molar-refractivity contribution in [3.63, 3.8) is 0 Å². The molecule has 0 unspecified atom stereocenters. The lowest BCUT2D eigenvalue weighted by Gasteiger charge is -2.01. The number of alkyl carbamates (subject to hydrolysis) is 1. The van der Waals surface area contributed by atoms with Crippen LogP contribution in [0.1, 0.15) is 12.7 Å². The first kappa shape index (κ1) is 8.58. The predicted molar refractivity (Wildman–Crippen MR) is 42.4 cm³/mol. The average Bonchev–Trinajstić information content (AvgIpc) is 2.53. The van der Waals surface area contributed by atoms with E-state index < -0.39 is 6.09 Å². The van der Waals surface area contributed by atoms with Crippen molar-refractivity contribution in [2.45, 2.75) is 13.5 Å². The molecule has 5 nitrogen and oxygen atoms in total. The Bertz CT molecular complexity index is 233. The lowest BCUT2D eigenvalue weighted by molar-refractivity contribution is 0.151. The summed E-state index contributed by atoms with van der Waals surface area (Å²) >= 11 is 0. The molecule has 0 fully saturated rings. The highest BCUT2D eigenvalue weighted by molar-refractivity contribution is 5.66. The van der Waals surface area contributed by atoms with Crippen LogP contribution in [0, 0.1) is 0 Å². The van der Waals surface area contributed by atoms with Crippen LogP contribution in [0.15, 0.2) is 12.4 Å². The minimum atomic E-state index is -0.422. The maximum atomic E-state index is 10.8. The number of hydrogen-bond acceptors (Lipinski definition) is 3. The van der Waals surface area contributed by atoms with E-state index in [0.29, 0.717) is 19.0 Å². The minimum absolute atomic E-state index is 0.367. The zero-order valence-electron chi connectivity index (χ0n) is 6.83. The van der Waals surface area contributed by atoms with Gasteiger partial charge in [-0.15, -0.1) is 0 Å². The number of aromatic amines is 1. The number of imidazole rings is 1. The first-order valence-corrected chi connectivity index (χ1v) is 3.71. The van der Waals surface area contributed by atoms with Crippen LogP contribution in [-0.2, 0) is 11.3 Å². The van der Waals surface area contributed by atoms with Crippen LogP contribution in [0.3, 0.4) is 0 Å². The zero-order valence-corrected chi connectivity index (χ0v) is 6.83. The van der Waals surface area contributed by atoms with Crippen molar-refractivity contribution in [3.05, 3.63) is 18.2 Å². The summed E-state index contributed by atoms with van der Waals surface area (Å²) in [5, 5.41) is 2.53. The predicted octanol–water partition coefficient (Wildman–Crippen LogP) is 0.656. The molecule has 1 aromatic heterocycles. The molecule has 0 aliphatic rings. The number of hydrogen-bond donors (Lipinski definition) is 2. The molecular weight excluding hydrogens is 158 g/mol. The summed E-state index contributed by atoms with van der Waals surface area (Å²) in [4.78, 5) is 17.5. The van der Waals surface area contributed by atoms with Crippen molar-refractivity contribution in [2.75, 3.05) is 6.61 Å². The Labute approximate surface area is 70.1 Å². The smallest absolute Gasteiger partial charge is 0.407 e. The van der Waals surface area contributed by atoms with E-state index in [1.807, 2.05) is 0 Å². The molecular formula is C7H11N3O2. The Morgan fingerprint density at radius 2 is 2.67 bits per heavy atom. The Hall–Kier alpha value is -1.52. The third-order valence-electron chi connectivity index (χ3n) is 1.23. The first-order chi connectivity index (χ1) is 5.83. The monoisotopic (exact) mass is 169 g/mol. The Morgan fingerprint density at radius 1 is 1.83 bits per heavy atom. The molecule has 0 aliphatic carbocycles. The number of H-pyrrole nitrogens is 1. The maximum Gasteiger partial charge on any atom is 0.407 e. The summed E-state index contributed by atoms with van der Waals surface area (Å²) < 4.78 is 4.65. The summed E-state index contributed by atoms with van der Waals surface area (Å²) in [5.41, 5.74) is 0. The third kappa shape index (κ3) is 2.61. The highest BCUT2D eigenvalue weighted by Crippen LogP contribution is 1.87. The molecule has 0 aliphatic heterocycles. The van der Waals surface area contributed by atoms with Gasteiger partial charge in [-0.05, 0) is 6.92 Å². The van der Waals surface area contributed by atoms with Crippen LogP contribution in [-0.4, -0.2) is 22.7 Å². The fourth-order valence-electron chi connectivity index (χ4n) is 0.733. The molecule has 0 spiro atoms. The number of amides is 1. The van der Waals surface area contributed by atoms with Crippen LogP contribution in [0.4, 0.5) is 4.79 Å².